The molecule has 100 valence electrons. The zero-order valence-corrected chi connectivity index (χ0v) is 11.8. The Hall–Kier alpha value is -0.995. The molecule has 1 aliphatic carbocycles. The first-order valence-corrected chi connectivity index (χ1v) is 6.42. The number of hydrogen-bond donors (Lipinski definition) is 2. The van der Waals surface area contributed by atoms with Gasteiger partial charge in [-0.3, -0.25) is 9.59 Å². The molecule has 0 aliphatic heterocycles. The van der Waals surface area contributed by atoms with Gasteiger partial charge in [-0.15, -0.1) is 0 Å². The van der Waals surface area contributed by atoms with Crippen molar-refractivity contribution in [2.24, 2.45) is 10.8 Å². The van der Waals surface area contributed by atoms with Gasteiger partial charge >= 0.3 is 0 Å². The fourth-order valence-corrected chi connectivity index (χ4v) is 3.46. The Morgan fingerprint density at radius 2 is 1.89 bits per heavy atom. The van der Waals surface area contributed by atoms with Gasteiger partial charge in [0.15, 0.2) is 13.7 Å². The van der Waals surface area contributed by atoms with Gasteiger partial charge in [0, 0.05) is 19.5 Å². The fourth-order valence-electron chi connectivity index (χ4n) is 3.46. The first-order chi connectivity index (χ1) is 8.12. The first-order valence-electron chi connectivity index (χ1n) is 6.42. The molecule has 1 fully saturated rings. The molecule has 2 unspecified atom stereocenters. The lowest BCUT2D eigenvalue weighted by atomic mass is 9.62. The molecule has 2 radical (unpaired) electrons. The van der Waals surface area contributed by atoms with Crippen molar-refractivity contribution in [3.8, 4) is 0 Å². The molecule has 2 amide bonds. The summed E-state index contributed by atoms with van der Waals surface area (Å²) in [5, 5.41) is 5.69. The molecule has 2 N–H and O–H groups in total. The summed E-state index contributed by atoms with van der Waals surface area (Å²) in [6.07, 6.45) is 2.85. The normalized spacial score (nSPS) is 30.6. The third kappa shape index (κ3) is 4.71. The van der Waals surface area contributed by atoms with E-state index < -0.39 is 5.81 Å². The van der Waals surface area contributed by atoms with Crippen molar-refractivity contribution in [1.82, 2.24) is 10.6 Å². The van der Waals surface area contributed by atoms with Gasteiger partial charge < -0.3 is 10.6 Å². The SMILES string of the molecule is [B]C(=O)NCC1(C)CC(NC(C)=O)CC(C)(C)C1. The monoisotopic (exact) mass is 250 g/mol. The van der Waals surface area contributed by atoms with Crippen molar-refractivity contribution in [3.05, 3.63) is 0 Å². The number of hydrogen-bond acceptors (Lipinski definition) is 2. The Bertz CT molecular complexity index is 344. The molecule has 2 atom stereocenters. The standard InChI is InChI=1S/C13H23BN2O2/c1-9(17)16-10-5-12(2,3)7-13(4,6-10)8-15-11(14)18/h10H,5-8H2,1-4H3,(H,15,18)(H,16,17). The van der Waals surface area contributed by atoms with Crippen LogP contribution in [-0.4, -0.2) is 32.1 Å². The van der Waals surface area contributed by atoms with E-state index in [2.05, 4.69) is 31.4 Å². The third-order valence-electron chi connectivity index (χ3n) is 3.54. The summed E-state index contributed by atoms with van der Waals surface area (Å²) in [6.45, 7) is 8.63. The second-order valence-corrected chi connectivity index (χ2v) is 6.68. The molecule has 0 saturated heterocycles. The lowest BCUT2D eigenvalue weighted by Crippen LogP contribution is -2.50. The quantitative estimate of drug-likeness (QED) is 0.747. The molecule has 0 bridgehead atoms. The van der Waals surface area contributed by atoms with E-state index in [1.807, 2.05) is 0 Å². The predicted octanol–water partition coefficient (Wildman–Crippen LogP) is 1.59. The highest BCUT2D eigenvalue weighted by atomic mass is 16.1. The first kappa shape index (κ1) is 15.1. The highest BCUT2D eigenvalue weighted by molar-refractivity contribution is 6.57. The van der Waals surface area contributed by atoms with E-state index in [4.69, 9.17) is 7.85 Å². The van der Waals surface area contributed by atoms with Crippen LogP contribution >= 0.6 is 0 Å². The second-order valence-electron chi connectivity index (χ2n) is 6.68. The number of amides is 2. The Morgan fingerprint density at radius 1 is 1.28 bits per heavy atom. The molecule has 1 aliphatic rings. The van der Waals surface area contributed by atoms with Gasteiger partial charge in [0.2, 0.25) is 5.91 Å². The number of nitrogens with one attached hydrogen (secondary N) is 2. The average Bonchev–Trinajstić information content (AvgIpc) is 2.10. The van der Waals surface area contributed by atoms with Crippen LogP contribution in [0, 0.1) is 10.8 Å². The second kappa shape index (κ2) is 5.33. The Morgan fingerprint density at radius 3 is 2.39 bits per heavy atom. The van der Waals surface area contributed by atoms with Crippen LogP contribution in [0.5, 0.6) is 0 Å². The minimum atomic E-state index is -0.490. The molecule has 5 heteroatoms. The average molecular weight is 250 g/mol. The molecular weight excluding hydrogens is 227 g/mol. The molecule has 0 aromatic heterocycles. The molecule has 0 aromatic carbocycles. The molecule has 0 aromatic rings. The van der Waals surface area contributed by atoms with Gasteiger partial charge in [-0.05, 0) is 30.1 Å². The summed E-state index contributed by atoms with van der Waals surface area (Å²) in [5.41, 5.74) is 0.128. The maximum absolute atomic E-state index is 11.2. The topological polar surface area (TPSA) is 58.2 Å². The Balaban J connectivity index is 2.72. The molecule has 1 saturated carbocycles. The minimum absolute atomic E-state index is 0.00269. The summed E-state index contributed by atoms with van der Waals surface area (Å²) in [4.78, 5) is 22.0. The molecule has 1 rings (SSSR count). The van der Waals surface area contributed by atoms with Crippen molar-refractivity contribution in [2.75, 3.05) is 6.54 Å². The van der Waals surface area contributed by atoms with Crippen molar-refractivity contribution < 1.29 is 9.59 Å². The van der Waals surface area contributed by atoms with E-state index in [0.717, 1.165) is 19.3 Å². The van der Waals surface area contributed by atoms with Crippen molar-refractivity contribution >= 4 is 19.6 Å². The smallest absolute Gasteiger partial charge is 0.217 e. The number of carbonyl (C=O) groups is 2. The number of rotatable bonds is 3. The van der Waals surface area contributed by atoms with Crippen molar-refractivity contribution in [2.45, 2.75) is 53.0 Å². The van der Waals surface area contributed by atoms with E-state index in [9.17, 15) is 9.59 Å². The van der Waals surface area contributed by atoms with Crippen LogP contribution in [0.25, 0.3) is 0 Å². The summed E-state index contributed by atoms with van der Waals surface area (Å²) in [5.74, 6) is -0.487. The van der Waals surface area contributed by atoms with Crippen LogP contribution in [-0.2, 0) is 4.79 Å². The molecular formula is C13H23BN2O2. The van der Waals surface area contributed by atoms with E-state index in [-0.39, 0.29) is 22.8 Å². The minimum Gasteiger partial charge on any atom is -0.365 e. The highest BCUT2D eigenvalue weighted by Gasteiger charge is 2.41. The fraction of sp³-hybridized carbons (Fsp3) is 0.846. The van der Waals surface area contributed by atoms with Gasteiger partial charge in [0.25, 0.3) is 0 Å². The van der Waals surface area contributed by atoms with Crippen molar-refractivity contribution in [1.29, 1.82) is 0 Å². The van der Waals surface area contributed by atoms with E-state index in [0.29, 0.717) is 6.54 Å². The van der Waals surface area contributed by atoms with E-state index >= 15 is 0 Å². The van der Waals surface area contributed by atoms with Gasteiger partial charge in [-0.2, -0.15) is 0 Å². The molecule has 18 heavy (non-hydrogen) atoms. The largest absolute Gasteiger partial charge is 0.365 e. The number of carbonyl (C=O) groups excluding carboxylic acids is 2. The molecule has 0 heterocycles. The predicted molar refractivity (Wildman–Crippen MR) is 72.5 cm³/mol. The molecule has 0 spiro atoms. The Labute approximate surface area is 111 Å². The zero-order chi connectivity index (χ0) is 14.0. The maximum Gasteiger partial charge on any atom is 0.217 e. The van der Waals surface area contributed by atoms with Gasteiger partial charge in [0.1, 0.15) is 0 Å². The van der Waals surface area contributed by atoms with Gasteiger partial charge in [-0.25, -0.2) is 0 Å². The van der Waals surface area contributed by atoms with Crippen LogP contribution < -0.4 is 10.6 Å². The van der Waals surface area contributed by atoms with Crippen LogP contribution in [0.4, 0.5) is 4.79 Å². The summed E-state index contributed by atoms with van der Waals surface area (Å²) < 4.78 is 0. The summed E-state index contributed by atoms with van der Waals surface area (Å²) in [7, 11) is 5.13. The van der Waals surface area contributed by atoms with E-state index in [1.54, 1.807) is 6.92 Å². The lowest BCUT2D eigenvalue weighted by molar-refractivity contribution is -0.120. The van der Waals surface area contributed by atoms with Gasteiger partial charge in [-0.1, -0.05) is 20.8 Å². The van der Waals surface area contributed by atoms with Crippen molar-refractivity contribution in [3.63, 3.8) is 0 Å². The summed E-state index contributed by atoms with van der Waals surface area (Å²) >= 11 is 0. The summed E-state index contributed by atoms with van der Waals surface area (Å²) in [6, 6.07) is 0.172. The Kier molecular flexibility index (Phi) is 4.46. The highest BCUT2D eigenvalue weighted by Crippen LogP contribution is 2.45. The van der Waals surface area contributed by atoms with Crippen LogP contribution in [0.1, 0.15) is 47.0 Å². The van der Waals surface area contributed by atoms with Crippen LogP contribution in [0.3, 0.4) is 0 Å². The van der Waals surface area contributed by atoms with Crippen LogP contribution in [0.2, 0.25) is 0 Å². The van der Waals surface area contributed by atoms with Gasteiger partial charge in [0.05, 0.1) is 0 Å². The zero-order valence-electron chi connectivity index (χ0n) is 11.8. The lowest BCUT2D eigenvalue weighted by Gasteiger charge is -2.46. The maximum atomic E-state index is 11.2. The van der Waals surface area contributed by atoms with Crippen LogP contribution in [0.15, 0.2) is 0 Å². The van der Waals surface area contributed by atoms with E-state index in [1.165, 1.54) is 0 Å². The molecule has 4 nitrogen and oxygen atoms in total. The third-order valence-corrected chi connectivity index (χ3v) is 3.54.